The molecular formula is C16H14F2O2. The number of benzene rings is 2. The first-order valence-corrected chi connectivity index (χ1v) is 6.30. The normalized spacial score (nSPS) is 10.3. The van der Waals surface area contributed by atoms with Gasteiger partial charge in [0.15, 0.2) is 5.78 Å². The number of ether oxygens (including phenoxy) is 1. The average molecular weight is 276 g/mol. The number of hydrogen-bond acceptors (Lipinski definition) is 2. The summed E-state index contributed by atoms with van der Waals surface area (Å²) in [4.78, 5) is 11.5. The maximum absolute atomic E-state index is 13.4. The van der Waals surface area contributed by atoms with Gasteiger partial charge < -0.3 is 4.74 Å². The van der Waals surface area contributed by atoms with Gasteiger partial charge in [-0.25, -0.2) is 8.78 Å². The Morgan fingerprint density at radius 1 is 1.10 bits per heavy atom. The van der Waals surface area contributed by atoms with E-state index in [0.717, 1.165) is 6.07 Å². The number of hydrogen-bond donors (Lipinski definition) is 0. The van der Waals surface area contributed by atoms with Crippen molar-refractivity contribution in [2.24, 2.45) is 0 Å². The van der Waals surface area contributed by atoms with Gasteiger partial charge in [-0.3, -0.25) is 4.79 Å². The summed E-state index contributed by atoms with van der Waals surface area (Å²) in [5.41, 5.74) is 0.896. The summed E-state index contributed by atoms with van der Waals surface area (Å²) in [5.74, 6) is -0.668. The molecule has 2 rings (SSSR count). The predicted molar refractivity (Wildman–Crippen MR) is 71.8 cm³/mol. The molecule has 0 amide bonds. The molecule has 4 heteroatoms. The van der Waals surface area contributed by atoms with E-state index in [2.05, 4.69) is 0 Å². The average Bonchev–Trinajstić information content (AvgIpc) is 2.46. The largest absolute Gasteiger partial charge is 0.489 e. The number of ketones is 1. The molecule has 0 radical (unpaired) electrons. The highest BCUT2D eigenvalue weighted by atomic mass is 19.1. The van der Waals surface area contributed by atoms with Crippen LogP contribution >= 0.6 is 0 Å². The van der Waals surface area contributed by atoms with E-state index < -0.39 is 11.6 Å². The van der Waals surface area contributed by atoms with Crippen LogP contribution in [0.5, 0.6) is 5.75 Å². The minimum Gasteiger partial charge on any atom is -0.489 e. The van der Waals surface area contributed by atoms with Crippen LogP contribution in [0.15, 0.2) is 42.5 Å². The molecule has 0 aliphatic heterocycles. The first kappa shape index (κ1) is 14.2. The summed E-state index contributed by atoms with van der Waals surface area (Å²) >= 11 is 0. The molecular weight excluding hydrogens is 262 g/mol. The molecule has 0 unspecified atom stereocenters. The number of rotatable bonds is 5. The number of halogens is 2. The van der Waals surface area contributed by atoms with Gasteiger partial charge in [-0.05, 0) is 36.4 Å². The van der Waals surface area contributed by atoms with Gasteiger partial charge in [-0.1, -0.05) is 6.92 Å². The van der Waals surface area contributed by atoms with Crippen molar-refractivity contribution < 1.29 is 18.3 Å². The molecule has 20 heavy (non-hydrogen) atoms. The highest BCUT2D eigenvalue weighted by Gasteiger charge is 2.06. The Hall–Kier alpha value is -2.23. The number of Topliss-reactive ketones (excluding diaryl/α,β-unsaturated/α-hetero) is 1. The van der Waals surface area contributed by atoms with E-state index in [0.29, 0.717) is 17.7 Å². The van der Waals surface area contributed by atoms with Gasteiger partial charge in [-0.15, -0.1) is 0 Å². The molecule has 0 aliphatic rings. The molecule has 0 saturated carbocycles. The van der Waals surface area contributed by atoms with Gasteiger partial charge in [0.25, 0.3) is 0 Å². The Morgan fingerprint density at radius 2 is 1.80 bits per heavy atom. The van der Waals surface area contributed by atoms with Gasteiger partial charge in [0.1, 0.15) is 24.0 Å². The quantitative estimate of drug-likeness (QED) is 0.767. The zero-order chi connectivity index (χ0) is 14.5. The Labute approximate surface area is 116 Å². The summed E-state index contributed by atoms with van der Waals surface area (Å²) < 4.78 is 31.6. The fourth-order valence-electron chi connectivity index (χ4n) is 1.74. The van der Waals surface area contributed by atoms with Crippen LogP contribution in [0, 0.1) is 11.6 Å². The standard InChI is InChI=1S/C16H14F2O2/c1-2-16(19)11-4-7-14(8-5-11)20-10-12-3-6-13(17)9-15(12)18/h3-9H,2,10H2,1H3. The first-order chi connectivity index (χ1) is 9.60. The molecule has 0 heterocycles. The molecule has 2 nitrogen and oxygen atoms in total. The Kier molecular flexibility index (Phi) is 4.45. The Balaban J connectivity index is 2.02. The summed E-state index contributed by atoms with van der Waals surface area (Å²) in [6.45, 7) is 1.80. The lowest BCUT2D eigenvalue weighted by Crippen LogP contribution is -2.00. The van der Waals surface area contributed by atoms with E-state index >= 15 is 0 Å². The van der Waals surface area contributed by atoms with Gasteiger partial charge in [-0.2, -0.15) is 0 Å². The smallest absolute Gasteiger partial charge is 0.162 e. The fraction of sp³-hybridized carbons (Fsp3) is 0.188. The minimum atomic E-state index is -0.636. The molecule has 0 saturated heterocycles. The van der Waals surface area contributed by atoms with Gasteiger partial charge in [0.2, 0.25) is 0 Å². The van der Waals surface area contributed by atoms with Crippen molar-refractivity contribution in [1.82, 2.24) is 0 Å². The van der Waals surface area contributed by atoms with E-state index in [-0.39, 0.29) is 18.0 Å². The highest BCUT2D eigenvalue weighted by Crippen LogP contribution is 2.17. The van der Waals surface area contributed by atoms with E-state index in [1.807, 2.05) is 0 Å². The predicted octanol–water partition coefficient (Wildman–Crippen LogP) is 4.14. The van der Waals surface area contributed by atoms with Crippen LogP contribution in [0.3, 0.4) is 0 Å². The van der Waals surface area contributed by atoms with Crippen LogP contribution in [0.2, 0.25) is 0 Å². The zero-order valence-electron chi connectivity index (χ0n) is 11.0. The third-order valence-electron chi connectivity index (χ3n) is 2.91. The van der Waals surface area contributed by atoms with E-state index in [1.54, 1.807) is 31.2 Å². The molecule has 104 valence electrons. The Morgan fingerprint density at radius 3 is 2.40 bits per heavy atom. The zero-order valence-corrected chi connectivity index (χ0v) is 11.0. The van der Waals surface area contributed by atoms with Crippen LogP contribution < -0.4 is 4.74 Å². The van der Waals surface area contributed by atoms with Crippen molar-refractivity contribution in [2.75, 3.05) is 0 Å². The van der Waals surface area contributed by atoms with E-state index in [1.165, 1.54) is 12.1 Å². The second-order valence-corrected chi connectivity index (χ2v) is 4.33. The van der Waals surface area contributed by atoms with Crippen molar-refractivity contribution >= 4 is 5.78 Å². The maximum Gasteiger partial charge on any atom is 0.162 e. The third kappa shape index (κ3) is 3.41. The minimum absolute atomic E-state index is 0.00713. The molecule has 0 N–H and O–H groups in total. The molecule has 0 fully saturated rings. The van der Waals surface area contributed by atoms with Gasteiger partial charge in [0, 0.05) is 23.6 Å². The lowest BCUT2D eigenvalue weighted by Gasteiger charge is -2.08. The number of carbonyl (C=O) groups is 1. The van der Waals surface area contributed by atoms with Crippen LogP contribution in [-0.4, -0.2) is 5.78 Å². The van der Waals surface area contributed by atoms with Crippen LogP contribution in [0.1, 0.15) is 29.3 Å². The van der Waals surface area contributed by atoms with Crippen molar-refractivity contribution in [3.8, 4) is 5.75 Å². The highest BCUT2D eigenvalue weighted by molar-refractivity contribution is 5.95. The summed E-state index contributed by atoms with van der Waals surface area (Å²) in [6.07, 6.45) is 0.445. The topological polar surface area (TPSA) is 26.3 Å². The fourth-order valence-corrected chi connectivity index (χ4v) is 1.74. The van der Waals surface area contributed by atoms with Crippen molar-refractivity contribution in [3.05, 3.63) is 65.2 Å². The Bertz CT molecular complexity index is 606. The first-order valence-electron chi connectivity index (χ1n) is 6.30. The summed E-state index contributed by atoms with van der Waals surface area (Å²) in [6, 6.07) is 10.0. The van der Waals surface area contributed by atoms with Crippen LogP contribution in [0.25, 0.3) is 0 Å². The third-order valence-corrected chi connectivity index (χ3v) is 2.91. The number of carbonyl (C=O) groups excluding carboxylic acids is 1. The lowest BCUT2D eigenvalue weighted by atomic mass is 10.1. The van der Waals surface area contributed by atoms with E-state index in [9.17, 15) is 13.6 Å². The lowest BCUT2D eigenvalue weighted by molar-refractivity contribution is 0.0988. The molecule has 0 atom stereocenters. The second kappa shape index (κ2) is 6.28. The summed E-state index contributed by atoms with van der Waals surface area (Å²) in [7, 11) is 0. The van der Waals surface area contributed by atoms with Crippen LogP contribution in [0.4, 0.5) is 8.78 Å². The van der Waals surface area contributed by atoms with E-state index in [4.69, 9.17) is 4.74 Å². The molecule has 2 aromatic carbocycles. The molecule has 2 aromatic rings. The molecule has 0 spiro atoms. The SMILES string of the molecule is CCC(=O)c1ccc(OCc2ccc(F)cc2F)cc1. The molecule has 0 bridgehead atoms. The van der Waals surface area contributed by atoms with Gasteiger partial charge in [0.05, 0.1) is 0 Å². The van der Waals surface area contributed by atoms with Crippen LogP contribution in [-0.2, 0) is 6.61 Å². The van der Waals surface area contributed by atoms with Crippen molar-refractivity contribution in [2.45, 2.75) is 20.0 Å². The molecule has 0 aromatic heterocycles. The van der Waals surface area contributed by atoms with Gasteiger partial charge >= 0.3 is 0 Å². The molecule has 0 aliphatic carbocycles. The maximum atomic E-state index is 13.4. The monoisotopic (exact) mass is 276 g/mol. The van der Waals surface area contributed by atoms with Crippen molar-refractivity contribution in [1.29, 1.82) is 0 Å². The second-order valence-electron chi connectivity index (χ2n) is 4.33. The summed E-state index contributed by atoms with van der Waals surface area (Å²) in [5, 5.41) is 0. The van der Waals surface area contributed by atoms with Crippen molar-refractivity contribution in [3.63, 3.8) is 0 Å².